The average molecular weight is 266 g/mol. The van der Waals surface area contributed by atoms with Crippen LogP contribution in [0.4, 0.5) is 0 Å². The number of hydrogen-bond donors (Lipinski definition) is 1. The zero-order chi connectivity index (χ0) is 13.5. The van der Waals surface area contributed by atoms with Crippen LogP contribution in [0.1, 0.15) is 33.1 Å². The van der Waals surface area contributed by atoms with E-state index in [0.717, 1.165) is 57.5 Å². The first-order chi connectivity index (χ1) is 9.06. The van der Waals surface area contributed by atoms with Crippen molar-refractivity contribution in [2.24, 2.45) is 17.8 Å². The molecule has 19 heavy (non-hydrogen) atoms. The van der Waals surface area contributed by atoms with Crippen LogP contribution in [0.2, 0.25) is 0 Å². The van der Waals surface area contributed by atoms with Crippen molar-refractivity contribution in [3.63, 3.8) is 0 Å². The maximum atomic E-state index is 12.2. The number of rotatable bonds is 4. The Hall–Kier alpha value is -0.610. The molecule has 3 fully saturated rings. The van der Waals surface area contributed by atoms with E-state index < -0.39 is 0 Å². The largest absolute Gasteiger partial charge is 0.379 e. The number of nitrogens with zero attached hydrogens (tertiary/aromatic N) is 1. The van der Waals surface area contributed by atoms with Gasteiger partial charge in [-0.15, -0.1) is 0 Å². The lowest BCUT2D eigenvalue weighted by molar-refractivity contribution is -0.125. The van der Waals surface area contributed by atoms with Gasteiger partial charge in [-0.05, 0) is 44.9 Å². The van der Waals surface area contributed by atoms with Crippen molar-refractivity contribution < 1.29 is 9.53 Å². The minimum absolute atomic E-state index is 0.0287. The maximum Gasteiger partial charge on any atom is 0.223 e. The number of ether oxygens (including phenoxy) is 1. The Morgan fingerprint density at radius 1 is 1.21 bits per heavy atom. The highest BCUT2D eigenvalue weighted by molar-refractivity contribution is 5.79. The molecule has 1 N–H and O–H groups in total. The standard InChI is InChI=1S/C15H26N2O2/c1-15(2,17-3-5-19-6-4-17)10-16-14(18)13-8-11-7-12(11)9-13/h11-13H,3-10H2,1-2H3,(H,16,18). The SMILES string of the molecule is CC(C)(CNC(=O)C1CC2CC2C1)N1CCOCC1. The quantitative estimate of drug-likeness (QED) is 0.833. The number of fused-ring (bicyclic) bond motifs is 1. The van der Waals surface area contributed by atoms with E-state index in [1.165, 1.54) is 6.42 Å². The van der Waals surface area contributed by atoms with Crippen molar-refractivity contribution in [3.8, 4) is 0 Å². The molecule has 2 saturated carbocycles. The van der Waals surface area contributed by atoms with Crippen LogP contribution < -0.4 is 5.32 Å². The van der Waals surface area contributed by atoms with Crippen molar-refractivity contribution in [1.82, 2.24) is 10.2 Å². The van der Waals surface area contributed by atoms with Crippen LogP contribution in [0, 0.1) is 17.8 Å². The first kappa shape index (κ1) is 13.4. The number of carbonyl (C=O) groups is 1. The van der Waals surface area contributed by atoms with Crippen molar-refractivity contribution >= 4 is 5.91 Å². The summed E-state index contributed by atoms with van der Waals surface area (Å²) in [5.41, 5.74) is 0.0287. The summed E-state index contributed by atoms with van der Waals surface area (Å²) in [6, 6.07) is 0. The summed E-state index contributed by atoms with van der Waals surface area (Å²) in [6.45, 7) is 8.73. The summed E-state index contributed by atoms with van der Waals surface area (Å²) in [5.74, 6) is 2.34. The predicted molar refractivity (Wildman–Crippen MR) is 73.8 cm³/mol. The molecule has 0 radical (unpaired) electrons. The fourth-order valence-electron chi connectivity index (χ4n) is 3.66. The van der Waals surface area contributed by atoms with Gasteiger partial charge < -0.3 is 10.1 Å². The summed E-state index contributed by atoms with van der Waals surface area (Å²) in [7, 11) is 0. The van der Waals surface area contributed by atoms with E-state index >= 15 is 0 Å². The predicted octanol–water partition coefficient (Wildman–Crippen LogP) is 1.26. The van der Waals surface area contributed by atoms with E-state index in [9.17, 15) is 4.79 Å². The highest BCUT2D eigenvalue weighted by Gasteiger charge is 2.48. The third kappa shape index (κ3) is 2.95. The van der Waals surface area contributed by atoms with Crippen molar-refractivity contribution in [3.05, 3.63) is 0 Å². The Morgan fingerprint density at radius 2 is 1.84 bits per heavy atom. The molecule has 0 aromatic carbocycles. The number of morpholine rings is 1. The summed E-state index contributed by atoms with van der Waals surface area (Å²) in [5, 5.41) is 3.18. The van der Waals surface area contributed by atoms with Crippen LogP contribution in [0.3, 0.4) is 0 Å². The molecule has 2 aliphatic carbocycles. The number of hydrogen-bond acceptors (Lipinski definition) is 3. The van der Waals surface area contributed by atoms with E-state index in [1.54, 1.807) is 0 Å². The molecular formula is C15H26N2O2. The Labute approximate surface area is 115 Å². The van der Waals surface area contributed by atoms with Crippen LogP contribution >= 0.6 is 0 Å². The zero-order valence-electron chi connectivity index (χ0n) is 12.2. The molecule has 4 nitrogen and oxygen atoms in total. The number of amides is 1. The van der Waals surface area contributed by atoms with Crippen LogP contribution in [0.5, 0.6) is 0 Å². The Morgan fingerprint density at radius 3 is 2.47 bits per heavy atom. The second kappa shape index (κ2) is 5.06. The van der Waals surface area contributed by atoms with E-state index in [4.69, 9.17) is 4.74 Å². The molecule has 0 aromatic heterocycles. The lowest BCUT2D eigenvalue weighted by Gasteiger charge is -2.41. The Kier molecular flexibility index (Phi) is 3.56. The first-order valence-electron chi connectivity index (χ1n) is 7.67. The first-order valence-corrected chi connectivity index (χ1v) is 7.67. The van der Waals surface area contributed by atoms with Gasteiger partial charge in [0.15, 0.2) is 0 Å². The molecule has 2 unspecified atom stereocenters. The van der Waals surface area contributed by atoms with Gasteiger partial charge in [0, 0.05) is 31.1 Å². The second-order valence-corrected chi connectivity index (χ2v) is 7.05. The van der Waals surface area contributed by atoms with Crippen molar-refractivity contribution in [2.75, 3.05) is 32.8 Å². The van der Waals surface area contributed by atoms with E-state index in [2.05, 4.69) is 24.1 Å². The number of carbonyl (C=O) groups excluding carboxylic acids is 1. The summed E-state index contributed by atoms with van der Waals surface area (Å²) in [4.78, 5) is 14.6. The molecule has 0 bridgehead atoms. The Balaban J connectivity index is 1.45. The molecule has 108 valence electrons. The Bertz CT molecular complexity index is 340. The van der Waals surface area contributed by atoms with E-state index in [1.807, 2.05) is 0 Å². The maximum absolute atomic E-state index is 12.2. The third-order valence-corrected chi connectivity index (χ3v) is 5.18. The van der Waals surface area contributed by atoms with Crippen LogP contribution in [-0.4, -0.2) is 49.2 Å². The molecular weight excluding hydrogens is 240 g/mol. The van der Waals surface area contributed by atoms with Gasteiger partial charge in [0.1, 0.15) is 0 Å². The molecule has 3 rings (SSSR count). The smallest absolute Gasteiger partial charge is 0.223 e. The van der Waals surface area contributed by atoms with E-state index in [-0.39, 0.29) is 11.4 Å². The molecule has 0 aromatic rings. The van der Waals surface area contributed by atoms with Crippen LogP contribution in [0.25, 0.3) is 0 Å². The van der Waals surface area contributed by atoms with Crippen molar-refractivity contribution in [2.45, 2.75) is 38.6 Å². The highest BCUT2D eigenvalue weighted by atomic mass is 16.5. The normalized spacial score (nSPS) is 34.9. The van der Waals surface area contributed by atoms with Gasteiger partial charge in [0.2, 0.25) is 5.91 Å². The molecule has 2 atom stereocenters. The van der Waals surface area contributed by atoms with Crippen LogP contribution in [0.15, 0.2) is 0 Å². The fourth-order valence-corrected chi connectivity index (χ4v) is 3.66. The minimum Gasteiger partial charge on any atom is -0.379 e. The topological polar surface area (TPSA) is 41.6 Å². The molecule has 4 heteroatoms. The highest BCUT2D eigenvalue weighted by Crippen LogP contribution is 2.54. The summed E-state index contributed by atoms with van der Waals surface area (Å²) in [6.07, 6.45) is 3.64. The third-order valence-electron chi connectivity index (χ3n) is 5.18. The van der Waals surface area contributed by atoms with E-state index in [0.29, 0.717) is 5.92 Å². The monoisotopic (exact) mass is 266 g/mol. The lowest BCUT2D eigenvalue weighted by Crippen LogP contribution is -2.55. The van der Waals surface area contributed by atoms with Gasteiger partial charge in [-0.3, -0.25) is 9.69 Å². The molecule has 1 aliphatic heterocycles. The van der Waals surface area contributed by atoms with Crippen molar-refractivity contribution in [1.29, 1.82) is 0 Å². The van der Waals surface area contributed by atoms with Gasteiger partial charge in [-0.1, -0.05) is 0 Å². The average Bonchev–Trinajstić information content (AvgIpc) is 3.03. The fraction of sp³-hybridized carbons (Fsp3) is 0.933. The molecule has 1 saturated heterocycles. The molecule has 1 amide bonds. The van der Waals surface area contributed by atoms with Gasteiger partial charge in [0.25, 0.3) is 0 Å². The lowest BCUT2D eigenvalue weighted by atomic mass is 9.99. The van der Waals surface area contributed by atoms with Gasteiger partial charge in [-0.2, -0.15) is 0 Å². The summed E-state index contributed by atoms with van der Waals surface area (Å²) >= 11 is 0. The van der Waals surface area contributed by atoms with Gasteiger partial charge in [-0.25, -0.2) is 0 Å². The summed E-state index contributed by atoms with van der Waals surface area (Å²) < 4.78 is 5.39. The molecule has 3 aliphatic rings. The molecule has 0 spiro atoms. The minimum atomic E-state index is 0.0287. The van der Waals surface area contributed by atoms with Gasteiger partial charge in [0.05, 0.1) is 13.2 Å². The second-order valence-electron chi connectivity index (χ2n) is 7.05. The van der Waals surface area contributed by atoms with Crippen LogP contribution in [-0.2, 0) is 9.53 Å². The zero-order valence-corrected chi connectivity index (χ0v) is 12.2. The van der Waals surface area contributed by atoms with Gasteiger partial charge >= 0.3 is 0 Å². The number of nitrogens with one attached hydrogen (secondary N) is 1. The molecule has 1 heterocycles.